The van der Waals surface area contributed by atoms with Crippen LogP contribution in [0.1, 0.15) is 38.5 Å². The van der Waals surface area contributed by atoms with E-state index in [1.54, 1.807) is 0 Å². The molecule has 1 aliphatic carbocycles. The van der Waals surface area contributed by atoms with Crippen molar-refractivity contribution in [2.24, 2.45) is 10.8 Å². The average Bonchev–Trinajstić information content (AvgIpc) is 2.35. The molecule has 3 nitrogen and oxygen atoms in total. The lowest BCUT2D eigenvalue weighted by Crippen LogP contribution is -2.62. The van der Waals surface area contributed by atoms with Gasteiger partial charge in [0.15, 0.2) is 0 Å². The maximum Gasteiger partial charge on any atom is 0.0107 e. The molecule has 2 spiro atoms. The molecule has 18 heavy (non-hydrogen) atoms. The minimum Gasteiger partial charge on any atom is -0.316 e. The molecule has 0 aromatic carbocycles. The molecule has 0 bridgehead atoms. The highest BCUT2D eigenvalue weighted by Crippen LogP contribution is 2.49. The molecule has 0 amide bonds. The molecule has 3 heterocycles. The third-order valence-electron chi connectivity index (χ3n) is 6.27. The summed E-state index contributed by atoms with van der Waals surface area (Å²) in [6.45, 7) is 7.88. The molecule has 3 heteroatoms. The second-order valence-corrected chi connectivity index (χ2v) is 7.48. The van der Waals surface area contributed by atoms with E-state index in [0.29, 0.717) is 10.8 Å². The fourth-order valence-corrected chi connectivity index (χ4v) is 4.77. The molecule has 102 valence electrons. The predicted octanol–water partition coefficient (Wildman–Crippen LogP) is 1.20. The van der Waals surface area contributed by atoms with Crippen molar-refractivity contribution in [1.82, 2.24) is 15.5 Å². The van der Waals surface area contributed by atoms with Gasteiger partial charge < -0.3 is 15.5 Å². The Labute approximate surface area is 111 Å². The van der Waals surface area contributed by atoms with Gasteiger partial charge in [0.1, 0.15) is 0 Å². The average molecular weight is 249 g/mol. The Bertz CT molecular complexity index is 300. The molecule has 1 saturated carbocycles. The van der Waals surface area contributed by atoms with Crippen LogP contribution in [0.3, 0.4) is 0 Å². The van der Waals surface area contributed by atoms with Gasteiger partial charge in [0.2, 0.25) is 0 Å². The quantitative estimate of drug-likeness (QED) is 0.731. The van der Waals surface area contributed by atoms with Gasteiger partial charge in [-0.25, -0.2) is 0 Å². The van der Waals surface area contributed by atoms with Gasteiger partial charge in [-0.05, 0) is 69.0 Å². The zero-order chi connectivity index (χ0) is 12.1. The van der Waals surface area contributed by atoms with Gasteiger partial charge >= 0.3 is 0 Å². The van der Waals surface area contributed by atoms with E-state index in [1.807, 2.05) is 0 Å². The summed E-state index contributed by atoms with van der Waals surface area (Å²) in [4.78, 5) is 2.81. The zero-order valence-corrected chi connectivity index (χ0v) is 11.5. The SMILES string of the molecule is C1CNCC2(C1)CC(N1CCC3(CC1)CNC3)C2. The molecular weight excluding hydrogens is 222 g/mol. The van der Waals surface area contributed by atoms with E-state index in [9.17, 15) is 0 Å². The Morgan fingerprint density at radius 1 is 0.833 bits per heavy atom. The van der Waals surface area contributed by atoms with Crippen molar-refractivity contribution in [3.8, 4) is 0 Å². The van der Waals surface area contributed by atoms with Gasteiger partial charge in [-0.1, -0.05) is 0 Å². The highest BCUT2D eigenvalue weighted by Gasteiger charge is 2.48. The van der Waals surface area contributed by atoms with Crippen LogP contribution in [0.5, 0.6) is 0 Å². The summed E-state index contributed by atoms with van der Waals surface area (Å²) in [5, 5.41) is 7.07. The largest absolute Gasteiger partial charge is 0.316 e. The first kappa shape index (κ1) is 11.7. The number of likely N-dealkylation sites (tertiary alicyclic amines) is 1. The van der Waals surface area contributed by atoms with Crippen molar-refractivity contribution >= 4 is 0 Å². The number of hydrogen-bond donors (Lipinski definition) is 2. The minimum absolute atomic E-state index is 0.704. The molecule has 0 aromatic heterocycles. The third-order valence-corrected chi connectivity index (χ3v) is 6.27. The zero-order valence-electron chi connectivity index (χ0n) is 11.5. The summed E-state index contributed by atoms with van der Waals surface area (Å²) in [6.07, 6.45) is 8.74. The van der Waals surface area contributed by atoms with Gasteiger partial charge in [-0.3, -0.25) is 0 Å². The molecule has 4 aliphatic rings. The fourth-order valence-electron chi connectivity index (χ4n) is 4.77. The maximum absolute atomic E-state index is 3.61. The number of hydrogen-bond acceptors (Lipinski definition) is 3. The lowest BCUT2D eigenvalue weighted by Gasteiger charge is -2.57. The molecule has 0 aromatic rings. The molecule has 4 rings (SSSR count). The summed E-state index contributed by atoms with van der Waals surface area (Å²) in [7, 11) is 0. The van der Waals surface area contributed by atoms with Crippen LogP contribution in [-0.2, 0) is 0 Å². The Balaban J connectivity index is 1.29. The van der Waals surface area contributed by atoms with E-state index in [-0.39, 0.29) is 0 Å². The van der Waals surface area contributed by atoms with Crippen molar-refractivity contribution in [1.29, 1.82) is 0 Å². The van der Waals surface area contributed by atoms with Crippen LogP contribution in [-0.4, -0.2) is 50.2 Å². The maximum atomic E-state index is 3.61. The van der Waals surface area contributed by atoms with E-state index in [1.165, 1.54) is 77.8 Å². The van der Waals surface area contributed by atoms with E-state index >= 15 is 0 Å². The monoisotopic (exact) mass is 249 g/mol. The standard InChI is InChI=1S/C15H27N3/c1-2-15(12-16-5-1)8-13(9-15)18-6-3-14(4-7-18)10-17-11-14/h13,16-17H,1-12H2. The lowest BCUT2D eigenvalue weighted by atomic mass is 9.60. The molecule has 0 radical (unpaired) electrons. The highest BCUT2D eigenvalue weighted by atomic mass is 15.2. The predicted molar refractivity (Wildman–Crippen MR) is 73.7 cm³/mol. The van der Waals surface area contributed by atoms with Gasteiger partial charge in [0, 0.05) is 25.7 Å². The van der Waals surface area contributed by atoms with Gasteiger partial charge in [0.25, 0.3) is 0 Å². The van der Waals surface area contributed by atoms with Gasteiger partial charge in [-0.15, -0.1) is 0 Å². The molecule has 0 unspecified atom stereocenters. The van der Waals surface area contributed by atoms with E-state index in [4.69, 9.17) is 0 Å². The first-order chi connectivity index (χ1) is 8.79. The van der Waals surface area contributed by atoms with E-state index in [2.05, 4.69) is 15.5 Å². The van der Waals surface area contributed by atoms with Crippen LogP contribution in [0.25, 0.3) is 0 Å². The molecule has 4 fully saturated rings. The van der Waals surface area contributed by atoms with Crippen LogP contribution in [0.15, 0.2) is 0 Å². The first-order valence-corrected chi connectivity index (χ1v) is 7.95. The third kappa shape index (κ3) is 1.83. The fraction of sp³-hybridized carbons (Fsp3) is 1.00. The minimum atomic E-state index is 0.704. The van der Waals surface area contributed by atoms with Crippen molar-refractivity contribution in [2.45, 2.75) is 44.6 Å². The number of piperidine rings is 2. The van der Waals surface area contributed by atoms with Gasteiger partial charge in [-0.2, -0.15) is 0 Å². The molecule has 3 saturated heterocycles. The summed E-state index contributed by atoms with van der Waals surface area (Å²) in [5.41, 5.74) is 1.42. The Morgan fingerprint density at radius 3 is 2.11 bits per heavy atom. The molecular formula is C15H27N3. The number of nitrogens with zero attached hydrogens (tertiary/aromatic N) is 1. The number of rotatable bonds is 1. The molecule has 0 atom stereocenters. The van der Waals surface area contributed by atoms with Crippen molar-refractivity contribution in [3.63, 3.8) is 0 Å². The lowest BCUT2D eigenvalue weighted by molar-refractivity contribution is -0.0489. The van der Waals surface area contributed by atoms with Crippen LogP contribution in [0.4, 0.5) is 0 Å². The van der Waals surface area contributed by atoms with Crippen molar-refractivity contribution < 1.29 is 0 Å². The topological polar surface area (TPSA) is 27.3 Å². The molecule has 2 N–H and O–H groups in total. The Hall–Kier alpha value is -0.120. The Morgan fingerprint density at radius 2 is 1.56 bits per heavy atom. The van der Waals surface area contributed by atoms with Crippen molar-refractivity contribution in [2.75, 3.05) is 39.3 Å². The van der Waals surface area contributed by atoms with E-state index < -0.39 is 0 Å². The summed E-state index contributed by atoms with van der Waals surface area (Å²) >= 11 is 0. The first-order valence-electron chi connectivity index (χ1n) is 7.95. The van der Waals surface area contributed by atoms with E-state index in [0.717, 1.165) is 6.04 Å². The normalized spacial score (nSPS) is 43.7. The summed E-state index contributed by atoms with van der Waals surface area (Å²) in [6, 6.07) is 0.926. The summed E-state index contributed by atoms with van der Waals surface area (Å²) in [5.74, 6) is 0. The van der Waals surface area contributed by atoms with Crippen LogP contribution in [0, 0.1) is 10.8 Å². The molecule has 3 aliphatic heterocycles. The van der Waals surface area contributed by atoms with Gasteiger partial charge in [0.05, 0.1) is 0 Å². The smallest absolute Gasteiger partial charge is 0.0107 e. The highest BCUT2D eigenvalue weighted by molar-refractivity contribution is 5.04. The van der Waals surface area contributed by atoms with Crippen molar-refractivity contribution in [3.05, 3.63) is 0 Å². The summed E-state index contributed by atoms with van der Waals surface area (Å²) < 4.78 is 0. The second-order valence-electron chi connectivity index (χ2n) is 7.48. The number of nitrogens with one attached hydrogen (secondary N) is 2. The second kappa shape index (κ2) is 4.19. The van der Waals surface area contributed by atoms with Crippen LogP contribution >= 0.6 is 0 Å². The van der Waals surface area contributed by atoms with Crippen LogP contribution < -0.4 is 10.6 Å². The van der Waals surface area contributed by atoms with Crippen LogP contribution in [0.2, 0.25) is 0 Å². The Kier molecular flexibility index (Phi) is 2.72.